The molecule has 1 aliphatic heterocycles. The summed E-state index contributed by atoms with van der Waals surface area (Å²) < 4.78 is 17.5. The van der Waals surface area contributed by atoms with Crippen molar-refractivity contribution in [2.45, 2.75) is 45.8 Å². The number of ether oxygens (including phenoxy) is 3. The van der Waals surface area contributed by atoms with Gasteiger partial charge in [0.05, 0.1) is 19.8 Å². The SMILES string of the molecule is CCCOc1ccc(C2(CCC)OCCO2)c(C)c1. The van der Waals surface area contributed by atoms with Crippen molar-refractivity contribution in [3.63, 3.8) is 0 Å². The molecule has 1 aliphatic rings. The van der Waals surface area contributed by atoms with Crippen molar-refractivity contribution in [2.75, 3.05) is 19.8 Å². The van der Waals surface area contributed by atoms with E-state index in [9.17, 15) is 0 Å². The first-order chi connectivity index (χ1) is 9.22. The third kappa shape index (κ3) is 3.10. The smallest absolute Gasteiger partial charge is 0.195 e. The van der Waals surface area contributed by atoms with Crippen molar-refractivity contribution in [1.29, 1.82) is 0 Å². The maximum absolute atomic E-state index is 5.91. The van der Waals surface area contributed by atoms with Gasteiger partial charge in [-0.1, -0.05) is 20.3 Å². The van der Waals surface area contributed by atoms with Crippen LogP contribution in [-0.2, 0) is 15.3 Å². The lowest BCUT2D eigenvalue weighted by atomic mass is 9.96. The van der Waals surface area contributed by atoms with E-state index in [1.165, 1.54) is 5.56 Å². The lowest BCUT2D eigenvalue weighted by Crippen LogP contribution is -2.27. The van der Waals surface area contributed by atoms with E-state index in [1.54, 1.807) is 0 Å². The molecule has 0 spiro atoms. The molecule has 0 amide bonds. The van der Waals surface area contributed by atoms with E-state index in [1.807, 2.05) is 6.07 Å². The molecule has 19 heavy (non-hydrogen) atoms. The fourth-order valence-electron chi connectivity index (χ4n) is 2.59. The van der Waals surface area contributed by atoms with Crippen molar-refractivity contribution in [2.24, 2.45) is 0 Å². The van der Waals surface area contributed by atoms with Gasteiger partial charge in [-0.05, 0) is 37.1 Å². The molecule has 3 nitrogen and oxygen atoms in total. The predicted octanol–water partition coefficient (Wildman–Crippen LogP) is 3.78. The predicted molar refractivity (Wildman–Crippen MR) is 75.5 cm³/mol. The van der Waals surface area contributed by atoms with E-state index in [0.717, 1.165) is 37.2 Å². The number of aryl methyl sites for hydroxylation is 1. The largest absolute Gasteiger partial charge is 0.494 e. The molecule has 1 saturated heterocycles. The second kappa shape index (κ2) is 6.40. The lowest BCUT2D eigenvalue weighted by molar-refractivity contribution is -0.171. The first-order valence-electron chi connectivity index (χ1n) is 7.23. The van der Waals surface area contributed by atoms with Gasteiger partial charge in [0, 0.05) is 12.0 Å². The van der Waals surface area contributed by atoms with Gasteiger partial charge in [0.2, 0.25) is 0 Å². The van der Waals surface area contributed by atoms with Crippen LogP contribution in [-0.4, -0.2) is 19.8 Å². The van der Waals surface area contributed by atoms with Gasteiger partial charge in [0.1, 0.15) is 5.75 Å². The Morgan fingerprint density at radius 2 is 1.89 bits per heavy atom. The molecule has 2 rings (SSSR count). The van der Waals surface area contributed by atoms with Gasteiger partial charge in [-0.2, -0.15) is 0 Å². The zero-order chi connectivity index (χ0) is 13.7. The van der Waals surface area contributed by atoms with Crippen LogP contribution in [0.25, 0.3) is 0 Å². The number of hydrogen-bond acceptors (Lipinski definition) is 3. The van der Waals surface area contributed by atoms with Crippen LogP contribution in [0, 0.1) is 6.92 Å². The Labute approximate surface area is 115 Å². The van der Waals surface area contributed by atoms with Crippen LogP contribution in [0.5, 0.6) is 5.75 Å². The first-order valence-corrected chi connectivity index (χ1v) is 7.23. The monoisotopic (exact) mass is 264 g/mol. The molecule has 0 N–H and O–H groups in total. The molecule has 1 aromatic carbocycles. The van der Waals surface area contributed by atoms with Gasteiger partial charge in [-0.15, -0.1) is 0 Å². The highest BCUT2D eigenvalue weighted by Gasteiger charge is 2.38. The van der Waals surface area contributed by atoms with Gasteiger partial charge in [-0.25, -0.2) is 0 Å². The molecule has 0 aliphatic carbocycles. The molecule has 3 heteroatoms. The van der Waals surface area contributed by atoms with E-state index in [0.29, 0.717) is 13.2 Å². The summed E-state index contributed by atoms with van der Waals surface area (Å²) in [4.78, 5) is 0. The molecular weight excluding hydrogens is 240 g/mol. The Morgan fingerprint density at radius 3 is 2.47 bits per heavy atom. The van der Waals surface area contributed by atoms with E-state index in [4.69, 9.17) is 14.2 Å². The highest BCUT2D eigenvalue weighted by atomic mass is 16.7. The summed E-state index contributed by atoms with van der Waals surface area (Å²) in [7, 11) is 0. The fourth-order valence-corrected chi connectivity index (χ4v) is 2.59. The number of hydrogen-bond donors (Lipinski definition) is 0. The standard InChI is InChI=1S/C16H24O3/c1-4-8-16(18-10-11-19-16)15-7-6-14(12-13(15)3)17-9-5-2/h6-7,12H,4-5,8-11H2,1-3H3. The minimum Gasteiger partial charge on any atom is -0.494 e. The minimum absolute atomic E-state index is 0.540. The lowest BCUT2D eigenvalue weighted by Gasteiger charge is -2.29. The molecule has 1 heterocycles. The average molecular weight is 264 g/mol. The molecule has 1 aromatic rings. The van der Waals surface area contributed by atoms with Crippen LogP contribution < -0.4 is 4.74 Å². The van der Waals surface area contributed by atoms with Gasteiger partial charge in [0.15, 0.2) is 5.79 Å². The minimum atomic E-state index is -0.540. The van der Waals surface area contributed by atoms with Crippen LogP contribution in [0.4, 0.5) is 0 Å². The quantitative estimate of drug-likeness (QED) is 0.782. The maximum Gasteiger partial charge on any atom is 0.195 e. The molecule has 0 unspecified atom stereocenters. The number of rotatable bonds is 6. The molecule has 0 aromatic heterocycles. The van der Waals surface area contributed by atoms with Crippen LogP contribution in [0.1, 0.15) is 44.2 Å². The van der Waals surface area contributed by atoms with Gasteiger partial charge in [-0.3, -0.25) is 0 Å². The van der Waals surface area contributed by atoms with Gasteiger partial charge < -0.3 is 14.2 Å². The third-order valence-electron chi connectivity index (χ3n) is 3.41. The fraction of sp³-hybridized carbons (Fsp3) is 0.625. The van der Waals surface area contributed by atoms with E-state index >= 15 is 0 Å². The summed E-state index contributed by atoms with van der Waals surface area (Å²) in [6, 6.07) is 6.18. The zero-order valence-electron chi connectivity index (χ0n) is 12.2. The molecular formula is C16H24O3. The summed E-state index contributed by atoms with van der Waals surface area (Å²) >= 11 is 0. The Kier molecular flexibility index (Phi) is 4.83. The summed E-state index contributed by atoms with van der Waals surface area (Å²) in [6.07, 6.45) is 2.95. The Morgan fingerprint density at radius 1 is 1.16 bits per heavy atom. The second-order valence-electron chi connectivity index (χ2n) is 5.03. The highest BCUT2D eigenvalue weighted by Crippen LogP contribution is 2.38. The Bertz CT molecular complexity index is 408. The second-order valence-corrected chi connectivity index (χ2v) is 5.03. The average Bonchev–Trinajstić information content (AvgIpc) is 2.86. The highest BCUT2D eigenvalue weighted by molar-refractivity contribution is 5.37. The summed E-state index contributed by atoms with van der Waals surface area (Å²) in [6.45, 7) is 8.46. The topological polar surface area (TPSA) is 27.7 Å². The molecule has 106 valence electrons. The van der Waals surface area contributed by atoms with E-state index < -0.39 is 5.79 Å². The van der Waals surface area contributed by atoms with Crippen LogP contribution in [0.15, 0.2) is 18.2 Å². The summed E-state index contributed by atoms with van der Waals surface area (Å²) in [5.41, 5.74) is 2.31. The molecule has 0 bridgehead atoms. The van der Waals surface area contributed by atoms with Gasteiger partial charge in [0.25, 0.3) is 0 Å². The first kappa shape index (κ1) is 14.4. The van der Waals surface area contributed by atoms with Crippen molar-refractivity contribution in [3.8, 4) is 5.75 Å². The van der Waals surface area contributed by atoms with Crippen molar-refractivity contribution >= 4 is 0 Å². The normalized spacial score (nSPS) is 17.6. The molecule has 0 saturated carbocycles. The van der Waals surface area contributed by atoms with Crippen molar-refractivity contribution in [1.82, 2.24) is 0 Å². The third-order valence-corrected chi connectivity index (χ3v) is 3.41. The van der Waals surface area contributed by atoms with Crippen LogP contribution >= 0.6 is 0 Å². The van der Waals surface area contributed by atoms with Crippen LogP contribution in [0.3, 0.4) is 0 Å². The molecule has 0 atom stereocenters. The summed E-state index contributed by atoms with van der Waals surface area (Å²) in [5.74, 6) is 0.384. The maximum atomic E-state index is 5.91. The summed E-state index contributed by atoms with van der Waals surface area (Å²) in [5, 5.41) is 0. The molecule has 1 fully saturated rings. The Balaban J connectivity index is 2.23. The number of benzene rings is 1. The molecule has 0 radical (unpaired) electrons. The zero-order valence-corrected chi connectivity index (χ0v) is 12.2. The Hall–Kier alpha value is -1.06. The van der Waals surface area contributed by atoms with Crippen LogP contribution in [0.2, 0.25) is 0 Å². The van der Waals surface area contributed by atoms with E-state index in [-0.39, 0.29) is 0 Å². The van der Waals surface area contributed by atoms with E-state index in [2.05, 4.69) is 32.9 Å². The van der Waals surface area contributed by atoms with Crippen molar-refractivity contribution < 1.29 is 14.2 Å². The van der Waals surface area contributed by atoms with Gasteiger partial charge >= 0.3 is 0 Å². The van der Waals surface area contributed by atoms with Crippen molar-refractivity contribution in [3.05, 3.63) is 29.3 Å².